The van der Waals surface area contributed by atoms with Gasteiger partial charge in [0.2, 0.25) is 0 Å². The van der Waals surface area contributed by atoms with Crippen LogP contribution in [0.15, 0.2) is 71.3 Å². The van der Waals surface area contributed by atoms with Gasteiger partial charge in [-0.2, -0.15) is 0 Å². The van der Waals surface area contributed by atoms with E-state index in [4.69, 9.17) is 4.74 Å². The fourth-order valence-corrected chi connectivity index (χ4v) is 4.45. The first-order valence-electron chi connectivity index (χ1n) is 10.5. The Hall–Kier alpha value is -3.19. The molecule has 2 aromatic carbocycles. The molecule has 1 aromatic heterocycles. The van der Waals surface area contributed by atoms with E-state index in [-0.39, 0.29) is 24.8 Å². The number of carbonyl (C=O) groups excluding carboxylic acids is 1. The molecule has 1 atom stereocenters. The molecular formula is C25H23BrN2O4. The number of carboxylic acid groups (broad SMARTS) is 1. The van der Waals surface area contributed by atoms with Crippen LogP contribution in [0.1, 0.15) is 42.1 Å². The van der Waals surface area contributed by atoms with E-state index in [0.29, 0.717) is 6.42 Å². The number of benzene rings is 2. The number of amides is 1. The van der Waals surface area contributed by atoms with Gasteiger partial charge in [0.05, 0.1) is 5.69 Å². The number of fused-ring (bicyclic) bond motifs is 3. The zero-order valence-electron chi connectivity index (χ0n) is 17.6. The Kier molecular flexibility index (Phi) is 6.55. The number of pyridine rings is 1. The number of carbonyl (C=O) groups is 2. The molecule has 32 heavy (non-hydrogen) atoms. The van der Waals surface area contributed by atoms with Gasteiger partial charge in [-0.3, -0.25) is 9.88 Å². The maximum Gasteiger partial charge on any atom is 0.410 e. The molecule has 7 heteroatoms. The molecule has 1 N–H and O–H groups in total. The Morgan fingerprint density at radius 1 is 1.06 bits per heavy atom. The number of aliphatic carboxylic acids is 1. The van der Waals surface area contributed by atoms with Crippen molar-refractivity contribution in [1.82, 2.24) is 9.88 Å². The second kappa shape index (κ2) is 9.53. The van der Waals surface area contributed by atoms with E-state index in [9.17, 15) is 14.7 Å². The molecule has 0 saturated carbocycles. The minimum absolute atomic E-state index is 0.0936. The van der Waals surface area contributed by atoms with Crippen LogP contribution < -0.4 is 0 Å². The Labute approximate surface area is 195 Å². The topological polar surface area (TPSA) is 79.7 Å². The predicted octanol–water partition coefficient (Wildman–Crippen LogP) is 5.63. The monoisotopic (exact) mass is 494 g/mol. The first-order valence-corrected chi connectivity index (χ1v) is 11.3. The quantitative estimate of drug-likeness (QED) is 0.460. The van der Waals surface area contributed by atoms with Crippen LogP contribution in [0.4, 0.5) is 4.79 Å². The number of hydrogen-bond donors (Lipinski definition) is 1. The average molecular weight is 495 g/mol. The smallest absolute Gasteiger partial charge is 0.410 e. The normalized spacial score (nSPS) is 13.2. The van der Waals surface area contributed by atoms with Crippen LogP contribution >= 0.6 is 15.9 Å². The summed E-state index contributed by atoms with van der Waals surface area (Å²) in [7, 11) is 0. The highest BCUT2D eigenvalue weighted by Crippen LogP contribution is 2.44. The summed E-state index contributed by atoms with van der Waals surface area (Å²) in [6, 6.07) is 18.3. The zero-order chi connectivity index (χ0) is 22.7. The fourth-order valence-electron chi connectivity index (χ4n) is 4.21. The van der Waals surface area contributed by atoms with Crippen LogP contribution in [0.3, 0.4) is 0 Å². The lowest BCUT2D eigenvalue weighted by molar-refractivity contribution is -0.143. The number of nitrogens with zero attached hydrogens (tertiary/aromatic N) is 2. The second-order valence-electron chi connectivity index (χ2n) is 7.64. The predicted molar refractivity (Wildman–Crippen MR) is 124 cm³/mol. The summed E-state index contributed by atoms with van der Waals surface area (Å²) in [5, 5.41) is 9.88. The van der Waals surface area contributed by atoms with Gasteiger partial charge in [0.25, 0.3) is 0 Å². The maximum atomic E-state index is 13.1. The van der Waals surface area contributed by atoms with Crippen molar-refractivity contribution in [2.75, 3.05) is 13.2 Å². The number of halogens is 1. The van der Waals surface area contributed by atoms with Gasteiger partial charge in [-0.15, -0.1) is 0 Å². The van der Waals surface area contributed by atoms with Gasteiger partial charge >= 0.3 is 12.1 Å². The Bertz CT molecular complexity index is 1090. The number of ether oxygens (including phenoxy) is 1. The third-order valence-electron chi connectivity index (χ3n) is 5.61. The summed E-state index contributed by atoms with van der Waals surface area (Å²) >= 11 is 3.30. The van der Waals surface area contributed by atoms with E-state index in [1.807, 2.05) is 43.3 Å². The summed E-state index contributed by atoms with van der Waals surface area (Å²) in [5.74, 6) is -1.24. The molecule has 1 amide bonds. The third kappa shape index (κ3) is 4.25. The fraction of sp³-hybridized carbons (Fsp3) is 0.240. The lowest BCUT2D eigenvalue weighted by Crippen LogP contribution is -2.40. The number of aromatic nitrogens is 1. The zero-order valence-corrected chi connectivity index (χ0v) is 19.2. The minimum atomic E-state index is -1.22. The lowest BCUT2D eigenvalue weighted by Gasteiger charge is -2.28. The van der Waals surface area contributed by atoms with Crippen molar-refractivity contribution in [3.05, 3.63) is 88.2 Å². The molecule has 164 valence electrons. The molecule has 0 bridgehead atoms. The summed E-state index contributed by atoms with van der Waals surface area (Å²) < 4.78 is 6.45. The van der Waals surface area contributed by atoms with E-state index in [2.05, 4.69) is 33.0 Å². The summed E-state index contributed by atoms with van der Waals surface area (Å²) in [5.41, 5.74) is 4.76. The highest BCUT2D eigenvalue weighted by molar-refractivity contribution is 9.10. The number of rotatable bonds is 7. The van der Waals surface area contributed by atoms with Crippen LogP contribution in [0.5, 0.6) is 0 Å². The molecule has 6 nitrogen and oxygen atoms in total. The van der Waals surface area contributed by atoms with Crippen molar-refractivity contribution in [2.24, 2.45) is 0 Å². The van der Waals surface area contributed by atoms with Crippen LogP contribution in [0, 0.1) is 0 Å². The molecule has 3 aromatic rings. The van der Waals surface area contributed by atoms with Gasteiger partial charge in [-0.25, -0.2) is 9.59 Å². The van der Waals surface area contributed by atoms with Crippen LogP contribution in [-0.4, -0.2) is 40.2 Å². The van der Waals surface area contributed by atoms with E-state index >= 15 is 0 Å². The highest BCUT2D eigenvalue weighted by Gasteiger charge is 2.35. The van der Waals surface area contributed by atoms with Gasteiger partial charge in [0.15, 0.2) is 6.04 Å². The standard InChI is InChI=1S/C25H23BrN2O4/c1-2-13-28(23(24(29)30)22-12-11-16(26)14-27-22)25(31)32-15-21-19-9-5-3-7-17(19)18-8-4-6-10-20(18)21/h3-12,14,21,23H,2,13,15H2,1H3,(H,29,30). The van der Waals surface area contributed by atoms with Crippen molar-refractivity contribution >= 4 is 28.0 Å². The first-order chi connectivity index (χ1) is 15.5. The van der Waals surface area contributed by atoms with Gasteiger partial charge in [0, 0.05) is 23.1 Å². The average Bonchev–Trinajstić information content (AvgIpc) is 3.12. The SMILES string of the molecule is CCCN(C(=O)OCC1c2ccccc2-c2ccccc21)C(C(=O)O)c1ccc(Br)cn1. The van der Waals surface area contributed by atoms with E-state index in [1.165, 1.54) is 11.1 Å². The lowest BCUT2D eigenvalue weighted by atomic mass is 9.98. The molecule has 1 heterocycles. The Morgan fingerprint density at radius 3 is 2.22 bits per heavy atom. The Balaban J connectivity index is 1.57. The van der Waals surface area contributed by atoms with E-state index in [0.717, 1.165) is 26.7 Å². The molecular weight excluding hydrogens is 472 g/mol. The van der Waals surface area contributed by atoms with Gasteiger partial charge < -0.3 is 9.84 Å². The van der Waals surface area contributed by atoms with E-state index < -0.39 is 18.1 Å². The van der Waals surface area contributed by atoms with E-state index in [1.54, 1.807) is 12.1 Å². The highest BCUT2D eigenvalue weighted by atomic mass is 79.9. The third-order valence-corrected chi connectivity index (χ3v) is 6.08. The number of carboxylic acids is 1. The molecule has 1 aliphatic rings. The molecule has 0 spiro atoms. The van der Waals surface area contributed by atoms with Gasteiger partial charge in [0.1, 0.15) is 6.61 Å². The number of hydrogen-bond acceptors (Lipinski definition) is 4. The molecule has 1 aliphatic carbocycles. The summed E-state index contributed by atoms with van der Waals surface area (Å²) in [6.07, 6.45) is 1.45. The minimum Gasteiger partial charge on any atom is -0.479 e. The van der Waals surface area contributed by atoms with Gasteiger partial charge in [-0.05, 0) is 56.7 Å². The largest absolute Gasteiger partial charge is 0.479 e. The summed E-state index contributed by atoms with van der Waals surface area (Å²) in [6.45, 7) is 2.26. The van der Waals surface area contributed by atoms with Crippen molar-refractivity contribution in [1.29, 1.82) is 0 Å². The molecule has 0 aliphatic heterocycles. The van der Waals surface area contributed by atoms with Crippen molar-refractivity contribution < 1.29 is 19.4 Å². The first kappa shape index (κ1) is 22.0. The second-order valence-corrected chi connectivity index (χ2v) is 8.56. The molecule has 0 saturated heterocycles. The van der Waals surface area contributed by atoms with Crippen LogP contribution in [-0.2, 0) is 9.53 Å². The van der Waals surface area contributed by atoms with Crippen LogP contribution in [0.2, 0.25) is 0 Å². The summed E-state index contributed by atoms with van der Waals surface area (Å²) in [4.78, 5) is 30.6. The Morgan fingerprint density at radius 2 is 1.69 bits per heavy atom. The van der Waals surface area contributed by atoms with Crippen LogP contribution in [0.25, 0.3) is 11.1 Å². The van der Waals surface area contributed by atoms with Crippen molar-refractivity contribution in [2.45, 2.75) is 25.3 Å². The van der Waals surface area contributed by atoms with Gasteiger partial charge in [-0.1, -0.05) is 55.5 Å². The van der Waals surface area contributed by atoms with Crippen molar-refractivity contribution in [3.8, 4) is 11.1 Å². The van der Waals surface area contributed by atoms with Crippen molar-refractivity contribution in [3.63, 3.8) is 0 Å². The molecule has 1 unspecified atom stereocenters. The maximum absolute atomic E-state index is 13.1. The molecule has 0 radical (unpaired) electrons. The molecule has 4 rings (SSSR count). The molecule has 0 fully saturated rings.